The number of hydrogen-bond acceptors (Lipinski definition) is 3. The van der Waals surface area contributed by atoms with Gasteiger partial charge < -0.3 is 10.1 Å². The number of hydrogen-bond donors (Lipinski definition) is 1. The van der Waals surface area contributed by atoms with Crippen molar-refractivity contribution in [3.8, 4) is 0 Å². The highest BCUT2D eigenvalue weighted by atomic mass is 16.5. The molecule has 0 saturated carbocycles. The summed E-state index contributed by atoms with van der Waals surface area (Å²) in [7, 11) is 0. The smallest absolute Gasteiger partial charge is 0.308 e. The van der Waals surface area contributed by atoms with Crippen LogP contribution in [-0.2, 0) is 9.53 Å². The van der Waals surface area contributed by atoms with Crippen molar-refractivity contribution in [2.45, 2.75) is 19.4 Å². The number of ether oxygens (including phenoxy) is 1. The lowest BCUT2D eigenvalue weighted by Gasteiger charge is -2.13. The summed E-state index contributed by atoms with van der Waals surface area (Å²) in [5.74, 6) is -0.534. The third-order valence-electron chi connectivity index (χ3n) is 3.34. The van der Waals surface area contributed by atoms with Crippen LogP contribution in [0.4, 0.5) is 0 Å². The van der Waals surface area contributed by atoms with Gasteiger partial charge in [0.05, 0.1) is 6.42 Å². The van der Waals surface area contributed by atoms with E-state index in [9.17, 15) is 9.59 Å². The molecule has 0 bridgehead atoms. The van der Waals surface area contributed by atoms with E-state index in [1.807, 2.05) is 42.5 Å². The molecule has 0 aliphatic rings. The molecule has 2 aromatic carbocycles. The van der Waals surface area contributed by atoms with Crippen LogP contribution >= 0.6 is 0 Å². The van der Waals surface area contributed by atoms with E-state index < -0.39 is 0 Å². The Kier molecular flexibility index (Phi) is 6.77. The molecule has 2 rings (SSSR count). The van der Waals surface area contributed by atoms with Crippen molar-refractivity contribution in [3.63, 3.8) is 0 Å². The van der Waals surface area contributed by atoms with Crippen molar-refractivity contribution in [2.75, 3.05) is 6.61 Å². The molecule has 0 fully saturated rings. The Morgan fingerprint density at radius 3 is 2.33 bits per heavy atom. The lowest BCUT2D eigenvalue weighted by molar-refractivity contribution is -0.142. The van der Waals surface area contributed by atoms with E-state index in [1.165, 1.54) is 0 Å². The normalized spacial score (nSPS) is 11.9. The van der Waals surface area contributed by atoms with Crippen molar-refractivity contribution in [1.82, 2.24) is 5.32 Å². The number of benzene rings is 2. The van der Waals surface area contributed by atoms with E-state index >= 15 is 0 Å². The van der Waals surface area contributed by atoms with Gasteiger partial charge in [-0.15, -0.1) is 0 Å². The first-order chi connectivity index (χ1) is 11.6. The van der Waals surface area contributed by atoms with Gasteiger partial charge in [0.1, 0.15) is 6.61 Å². The van der Waals surface area contributed by atoms with Crippen molar-refractivity contribution in [3.05, 3.63) is 77.9 Å². The predicted octanol–water partition coefficient (Wildman–Crippen LogP) is 3.45. The molecule has 1 unspecified atom stereocenters. The van der Waals surface area contributed by atoms with Crippen molar-refractivity contribution in [1.29, 1.82) is 0 Å². The van der Waals surface area contributed by atoms with Gasteiger partial charge in [-0.2, -0.15) is 0 Å². The molecular formula is C20H21NO3. The van der Waals surface area contributed by atoms with E-state index in [1.54, 1.807) is 37.3 Å². The zero-order valence-electron chi connectivity index (χ0n) is 13.6. The van der Waals surface area contributed by atoms with E-state index in [0.717, 1.165) is 5.56 Å². The summed E-state index contributed by atoms with van der Waals surface area (Å²) in [5, 5.41) is 2.79. The van der Waals surface area contributed by atoms with Gasteiger partial charge in [-0.3, -0.25) is 9.59 Å². The zero-order chi connectivity index (χ0) is 17.2. The summed E-state index contributed by atoms with van der Waals surface area (Å²) < 4.78 is 5.14. The minimum Gasteiger partial charge on any atom is -0.461 e. The van der Waals surface area contributed by atoms with Crippen LogP contribution < -0.4 is 5.32 Å². The number of carbonyl (C=O) groups excluding carboxylic acids is 2. The van der Waals surface area contributed by atoms with Gasteiger partial charge in [-0.05, 0) is 30.7 Å². The third-order valence-corrected chi connectivity index (χ3v) is 3.34. The fourth-order valence-electron chi connectivity index (χ4n) is 2.15. The van der Waals surface area contributed by atoms with Crippen LogP contribution in [0.2, 0.25) is 0 Å². The Balaban J connectivity index is 1.70. The first-order valence-electron chi connectivity index (χ1n) is 7.88. The van der Waals surface area contributed by atoms with Crippen LogP contribution in [0.25, 0.3) is 6.08 Å². The molecule has 1 amide bonds. The minimum atomic E-state index is -0.339. The summed E-state index contributed by atoms with van der Waals surface area (Å²) in [6.45, 7) is 2.00. The van der Waals surface area contributed by atoms with Crippen LogP contribution in [0.3, 0.4) is 0 Å². The molecule has 0 aromatic heterocycles. The van der Waals surface area contributed by atoms with Crippen LogP contribution in [-0.4, -0.2) is 24.5 Å². The summed E-state index contributed by atoms with van der Waals surface area (Å²) >= 11 is 0. The lowest BCUT2D eigenvalue weighted by atomic mass is 10.2. The maximum Gasteiger partial charge on any atom is 0.308 e. The lowest BCUT2D eigenvalue weighted by Crippen LogP contribution is -2.34. The summed E-state index contributed by atoms with van der Waals surface area (Å²) in [6.07, 6.45) is 3.83. The standard InChI is InChI=1S/C20H21NO3/c1-16(21-20(23)18-12-6-3-7-13-18)15-19(22)24-14-8-11-17-9-4-2-5-10-17/h2-13,16H,14-15H2,1H3,(H,21,23)/b11-8+. The summed E-state index contributed by atoms with van der Waals surface area (Å²) in [4.78, 5) is 23.8. The van der Waals surface area contributed by atoms with Gasteiger partial charge in [-0.25, -0.2) is 0 Å². The van der Waals surface area contributed by atoms with E-state index in [0.29, 0.717) is 5.56 Å². The van der Waals surface area contributed by atoms with E-state index in [2.05, 4.69) is 5.32 Å². The molecule has 2 aromatic rings. The quantitative estimate of drug-likeness (QED) is 0.794. The van der Waals surface area contributed by atoms with Gasteiger partial charge in [0.2, 0.25) is 0 Å². The molecular weight excluding hydrogens is 302 g/mol. The second-order valence-corrected chi connectivity index (χ2v) is 5.44. The molecule has 0 aliphatic heterocycles. The van der Waals surface area contributed by atoms with E-state index in [4.69, 9.17) is 4.74 Å². The fourth-order valence-corrected chi connectivity index (χ4v) is 2.15. The van der Waals surface area contributed by atoms with Crippen LogP contribution in [0.1, 0.15) is 29.3 Å². The highest BCUT2D eigenvalue weighted by molar-refractivity contribution is 5.94. The Morgan fingerprint density at radius 2 is 1.67 bits per heavy atom. The Hall–Kier alpha value is -2.88. The van der Waals surface area contributed by atoms with E-state index in [-0.39, 0.29) is 30.9 Å². The molecule has 0 heterocycles. The molecule has 1 N–H and O–H groups in total. The first kappa shape index (κ1) is 17.5. The third kappa shape index (κ3) is 6.08. The molecule has 0 radical (unpaired) electrons. The van der Waals surface area contributed by atoms with Crippen LogP contribution in [0.5, 0.6) is 0 Å². The number of amides is 1. The second-order valence-electron chi connectivity index (χ2n) is 5.44. The van der Waals surface area contributed by atoms with Crippen molar-refractivity contribution in [2.24, 2.45) is 0 Å². The first-order valence-corrected chi connectivity index (χ1v) is 7.88. The zero-order valence-corrected chi connectivity index (χ0v) is 13.6. The van der Waals surface area contributed by atoms with Crippen molar-refractivity contribution >= 4 is 18.0 Å². The number of esters is 1. The Bertz CT molecular complexity index is 681. The molecule has 4 nitrogen and oxygen atoms in total. The predicted molar refractivity (Wildman–Crippen MR) is 94.4 cm³/mol. The topological polar surface area (TPSA) is 55.4 Å². The summed E-state index contributed by atoms with van der Waals surface area (Å²) in [6, 6.07) is 18.4. The highest BCUT2D eigenvalue weighted by Gasteiger charge is 2.13. The van der Waals surface area contributed by atoms with Gasteiger partial charge in [0, 0.05) is 11.6 Å². The summed E-state index contributed by atoms with van der Waals surface area (Å²) in [5.41, 5.74) is 1.63. The average molecular weight is 323 g/mol. The Morgan fingerprint density at radius 1 is 1.04 bits per heavy atom. The van der Waals surface area contributed by atoms with Crippen LogP contribution in [0.15, 0.2) is 66.7 Å². The molecule has 0 aliphatic carbocycles. The molecule has 4 heteroatoms. The average Bonchev–Trinajstić information content (AvgIpc) is 2.60. The SMILES string of the molecule is CC(CC(=O)OC/C=C/c1ccccc1)NC(=O)c1ccccc1. The van der Waals surface area contributed by atoms with Gasteiger partial charge >= 0.3 is 5.97 Å². The van der Waals surface area contributed by atoms with Gasteiger partial charge in [0.15, 0.2) is 0 Å². The van der Waals surface area contributed by atoms with Gasteiger partial charge in [0.25, 0.3) is 5.91 Å². The monoisotopic (exact) mass is 323 g/mol. The molecule has 1 atom stereocenters. The molecule has 124 valence electrons. The molecule has 0 saturated heterocycles. The van der Waals surface area contributed by atoms with Crippen LogP contribution in [0, 0.1) is 0 Å². The van der Waals surface area contributed by atoms with Gasteiger partial charge in [-0.1, -0.05) is 54.6 Å². The molecule has 0 spiro atoms. The maximum absolute atomic E-state index is 12.0. The second kappa shape index (κ2) is 9.30. The van der Waals surface area contributed by atoms with Crippen molar-refractivity contribution < 1.29 is 14.3 Å². The minimum absolute atomic E-state index is 0.137. The number of carbonyl (C=O) groups is 2. The molecule has 24 heavy (non-hydrogen) atoms. The maximum atomic E-state index is 12.0. The fraction of sp³-hybridized carbons (Fsp3) is 0.200. The highest BCUT2D eigenvalue weighted by Crippen LogP contribution is 2.03. The number of nitrogens with one attached hydrogen (secondary N) is 1. The largest absolute Gasteiger partial charge is 0.461 e. The number of rotatable bonds is 7. The Labute approximate surface area is 142 Å².